The van der Waals surface area contributed by atoms with Gasteiger partial charge in [-0.25, -0.2) is 4.39 Å². The summed E-state index contributed by atoms with van der Waals surface area (Å²) in [5, 5.41) is 3.37. The summed E-state index contributed by atoms with van der Waals surface area (Å²) in [5.41, 5.74) is 2.18. The van der Waals surface area contributed by atoms with Gasteiger partial charge in [0.15, 0.2) is 0 Å². The van der Waals surface area contributed by atoms with E-state index < -0.39 is 0 Å². The maximum absolute atomic E-state index is 13.4. The molecule has 1 aromatic rings. The number of carbonyl (C=O) groups excluding carboxylic acids is 1. The topological polar surface area (TPSA) is 32.3 Å². The molecule has 0 aromatic heterocycles. The number of carbonyl (C=O) groups is 1. The minimum atomic E-state index is -0.204. The summed E-state index contributed by atoms with van der Waals surface area (Å²) in [6.45, 7) is 2.85. The fourth-order valence-corrected chi connectivity index (χ4v) is 4.16. The highest BCUT2D eigenvalue weighted by atomic mass is 35.5. The third-order valence-electron chi connectivity index (χ3n) is 5.51. The zero-order valence-electron chi connectivity index (χ0n) is 12.6. The molecule has 22 heavy (non-hydrogen) atoms. The molecule has 1 saturated heterocycles. The largest absolute Gasteiger partial charge is 0.317 e. The highest BCUT2D eigenvalue weighted by Gasteiger charge is 2.58. The van der Waals surface area contributed by atoms with E-state index in [0.29, 0.717) is 0 Å². The summed E-state index contributed by atoms with van der Waals surface area (Å²) < 4.78 is 13.4. The Morgan fingerprint density at radius 1 is 1.32 bits per heavy atom. The first-order valence-corrected chi connectivity index (χ1v) is 8.00. The minimum Gasteiger partial charge on any atom is -0.317 e. The van der Waals surface area contributed by atoms with Crippen LogP contribution >= 0.6 is 12.4 Å². The lowest BCUT2D eigenvalue weighted by atomic mass is 9.91. The van der Waals surface area contributed by atoms with Crippen LogP contribution in [0.1, 0.15) is 31.2 Å². The summed E-state index contributed by atoms with van der Waals surface area (Å²) in [6.07, 6.45) is 5.08. The first kappa shape index (κ1) is 15.8. The van der Waals surface area contributed by atoms with Gasteiger partial charge in [0.2, 0.25) is 5.91 Å². The highest BCUT2D eigenvalue weighted by Crippen LogP contribution is 2.59. The molecule has 0 bridgehead atoms. The molecule has 1 spiro atoms. The lowest BCUT2D eigenvalue weighted by Gasteiger charge is -2.31. The van der Waals surface area contributed by atoms with E-state index in [0.717, 1.165) is 63.0 Å². The number of halogens is 2. The molecular formula is C17H22ClFN2O. The van der Waals surface area contributed by atoms with E-state index in [-0.39, 0.29) is 35.5 Å². The molecule has 4 rings (SSSR count). The van der Waals surface area contributed by atoms with Crippen molar-refractivity contribution in [1.82, 2.24) is 5.32 Å². The van der Waals surface area contributed by atoms with Gasteiger partial charge in [0, 0.05) is 18.2 Å². The smallest absolute Gasteiger partial charge is 0.230 e. The van der Waals surface area contributed by atoms with Crippen LogP contribution < -0.4 is 10.2 Å². The van der Waals surface area contributed by atoms with Crippen LogP contribution in [0.15, 0.2) is 18.2 Å². The highest BCUT2D eigenvalue weighted by molar-refractivity contribution is 5.98. The first-order chi connectivity index (χ1) is 10.2. The third kappa shape index (κ3) is 2.52. The van der Waals surface area contributed by atoms with Gasteiger partial charge < -0.3 is 10.2 Å². The van der Waals surface area contributed by atoms with Gasteiger partial charge >= 0.3 is 0 Å². The third-order valence-corrected chi connectivity index (χ3v) is 5.51. The van der Waals surface area contributed by atoms with Gasteiger partial charge in [-0.3, -0.25) is 4.79 Å². The van der Waals surface area contributed by atoms with E-state index in [1.165, 1.54) is 6.07 Å². The Labute approximate surface area is 136 Å². The van der Waals surface area contributed by atoms with E-state index in [1.54, 1.807) is 12.1 Å². The molecule has 1 aromatic carbocycles. The summed E-state index contributed by atoms with van der Waals surface area (Å²) in [5.74, 6) is 0.254. The molecule has 2 aliphatic heterocycles. The van der Waals surface area contributed by atoms with Gasteiger partial charge in [-0.15, -0.1) is 12.4 Å². The standard InChI is InChI=1S/C17H21FN2O.ClH/c18-13-3-4-15-12(10-13)2-1-9-20(15)16(21)14-11-17(14)5-7-19-8-6-17;/h3-4,10,14,19H,1-2,5-9,11H2;1H. The molecule has 1 N–H and O–H groups in total. The first-order valence-electron chi connectivity index (χ1n) is 8.00. The number of anilines is 1. The van der Waals surface area contributed by atoms with E-state index >= 15 is 0 Å². The molecule has 1 amide bonds. The molecule has 1 aliphatic carbocycles. The molecule has 2 fully saturated rings. The molecule has 3 nitrogen and oxygen atoms in total. The Morgan fingerprint density at radius 2 is 2.09 bits per heavy atom. The van der Waals surface area contributed by atoms with Crippen molar-refractivity contribution in [2.45, 2.75) is 32.1 Å². The monoisotopic (exact) mass is 324 g/mol. The predicted molar refractivity (Wildman–Crippen MR) is 87.0 cm³/mol. The average molecular weight is 325 g/mol. The quantitative estimate of drug-likeness (QED) is 0.861. The molecule has 1 atom stereocenters. The minimum absolute atomic E-state index is 0. The van der Waals surface area contributed by atoms with Crippen LogP contribution in [0, 0.1) is 17.2 Å². The van der Waals surface area contributed by atoms with Crippen molar-refractivity contribution < 1.29 is 9.18 Å². The summed E-state index contributed by atoms with van der Waals surface area (Å²) in [7, 11) is 0. The van der Waals surface area contributed by atoms with Crippen molar-refractivity contribution in [3.05, 3.63) is 29.6 Å². The molecule has 5 heteroatoms. The molecule has 1 saturated carbocycles. The number of fused-ring (bicyclic) bond motifs is 1. The van der Waals surface area contributed by atoms with Crippen LogP contribution in [0.25, 0.3) is 0 Å². The Balaban J connectivity index is 0.00000144. The van der Waals surface area contributed by atoms with Crippen LogP contribution in [0.4, 0.5) is 10.1 Å². The van der Waals surface area contributed by atoms with Crippen molar-refractivity contribution in [2.24, 2.45) is 11.3 Å². The second-order valence-corrected chi connectivity index (χ2v) is 6.74. The number of nitrogens with zero attached hydrogens (tertiary/aromatic N) is 1. The van der Waals surface area contributed by atoms with Crippen LogP contribution in [-0.4, -0.2) is 25.5 Å². The van der Waals surface area contributed by atoms with Crippen LogP contribution in [0.2, 0.25) is 0 Å². The second kappa shape index (κ2) is 5.82. The SMILES string of the molecule is Cl.O=C(C1CC12CCNCC2)N1CCCc2cc(F)ccc21. The molecule has 120 valence electrons. The predicted octanol–water partition coefficient (Wildman–Crippen LogP) is 2.92. The summed E-state index contributed by atoms with van der Waals surface area (Å²) >= 11 is 0. The number of hydrogen-bond acceptors (Lipinski definition) is 2. The normalized spacial score (nSPS) is 25.3. The van der Waals surface area contributed by atoms with Gasteiger partial charge in [0.05, 0.1) is 0 Å². The summed E-state index contributed by atoms with van der Waals surface area (Å²) in [6, 6.07) is 4.83. The number of piperidine rings is 1. The van der Waals surface area contributed by atoms with Crippen LogP contribution in [-0.2, 0) is 11.2 Å². The van der Waals surface area contributed by atoms with Crippen molar-refractivity contribution in [2.75, 3.05) is 24.5 Å². The fourth-order valence-electron chi connectivity index (χ4n) is 4.16. The van der Waals surface area contributed by atoms with Gasteiger partial charge in [-0.2, -0.15) is 0 Å². The Morgan fingerprint density at radius 3 is 2.86 bits per heavy atom. The molecule has 0 radical (unpaired) electrons. The Kier molecular flexibility index (Phi) is 4.17. The zero-order valence-corrected chi connectivity index (χ0v) is 13.4. The number of nitrogens with one attached hydrogen (secondary N) is 1. The van der Waals surface area contributed by atoms with Gasteiger partial charge in [-0.05, 0) is 74.4 Å². The molecule has 3 aliphatic rings. The molecule has 1 unspecified atom stereocenters. The maximum atomic E-state index is 13.4. The summed E-state index contributed by atoms with van der Waals surface area (Å²) in [4.78, 5) is 14.8. The van der Waals surface area contributed by atoms with Gasteiger partial charge in [0.25, 0.3) is 0 Å². The van der Waals surface area contributed by atoms with Crippen molar-refractivity contribution >= 4 is 24.0 Å². The number of aryl methyl sites for hydroxylation is 1. The maximum Gasteiger partial charge on any atom is 0.230 e. The number of rotatable bonds is 1. The van der Waals surface area contributed by atoms with Crippen LogP contribution in [0.3, 0.4) is 0 Å². The average Bonchev–Trinajstić information content (AvgIpc) is 3.19. The van der Waals surface area contributed by atoms with Gasteiger partial charge in [0.1, 0.15) is 5.82 Å². The molecular weight excluding hydrogens is 303 g/mol. The van der Waals surface area contributed by atoms with Crippen LogP contribution in [0.5, 0.6) is 0 Å². The van der Waals surface area contributed by atoms with Crippen molar-refractivity contribution in [3.8, 4) is 0 Å². The Hall–Kier alpha value is -1.13. The lowest BCUT2D eigenvalue weighted by Crippen LogP contribution is -2.39. The van der Waals surface area contributed by atoms with E-state index in [2.05, 4.69) is 5.32 Å². The van der Waals surface area contributed by atoms with Crippen molar-refractivity contribution in [1.29, 1.82) is 0 Å². The van der Waals surface area contributed by atoms with E-state index in [4.69, 9.17) is 0 Å². The molecule has 2 heterocycles. The Bertz CT molecular complexity index is 586. The van der Waals surface area contributed by atoms with Crippen molar-refractivity contribution in [3.63, 3.8) is 0 Å². The van der Waals surface area contributed by atoms with E-state index in [1.807, 2.05) is 4.90 Å². The zero-order chi connectivity index (χ0) is 14.4. The van der Waals surface area contributed by atoms with Gasteiger partial charge in [-0.1, -0.05) is 0 Å². The van der Waals surface area contributed by atoms with E-state index in [9.17, 15) is 9.18 Å². The lowest BCUT2D eigenvalue weighted by molar-refractivity contribution is -0.120. The second-order valence-electron chi connectivity index (χ2n) is 6.74. The number of benzene rings is 1. The number of amides is 1. The fraction of sp³-hybridized carbons (Fsp3) is 0.588. The number of hydrogen-bond donors (Lipinski definition) is 1.